The van der Waals surface area contributed by atoms with Gasteiger partial charge in [-0.3, -0.25) is 9.52 Å². The summed E-state index contributed by atoms with van der Waals surface area (Å²) < 4.78 is 99.8. The number of carbonyl (C=O) groups is 1. The minimum atomic E-state index is -4.78. The van der Waals surface area contributed by atoms with Crippen LogP contribution in [0.25, 0.3) is 0 Å². The average molecular weight is 632 g/mol. The third-order valence-corrected chi connectivity index (χ3v) is 9.94. The van der Waals surface area contributed by atoms with Gasteiger partial charge in [0, 0.05) is 24.5 Å². The Balaban J connectivity index is 1.52. The first-order valence-corrected chi connectivity index (χ1v) is 15.5. The Bertz CT molecular complexity index is 1660. The molecular weight excluding hydrogens is 607 g/mol. The van der Waals surface area contributed by atoms with E-state index in [9.17, 15) is 34.8 Å². The van der Waals surface area contributed by atoms with E-state index in [0.29, 0.717) is 19.2 Å². The molecule has 0 saturated carbocycles. The van der Waals surface area contributed by atoms with E-state index >= 15 is 0 Å². The molecule has 220 valence electrons. The van der Waals surface area contributed by atoms with Gasteiger partial charge in [-0.1, -0.05) is 18.0 Å². The van der Waals surface area contributed by atoms with E-state index in [4.69, 9.17) is 16.3 Å². The van der Waals surface area contributed by atoms with Crippen LogP contribution in [0.5, 0.6) is 5.75 Å². The van der Waals surface area contributed by atoms with E-state index in [-0.39, 0.29) is 32.5 Å². The van der Waals surface area contributed by atoms with Crippen LogP contribution in [0.3, 0.4) is 0 Å². The number of halogens is 4. The first kappa shape index (κ1) is 30.6. The summed E-state index contributed by atoms with van der Waals surface area (Å²) in [7, 11) is -6.79. The number of nitrogens with one attached hydrogen (secondary N) is 2. The highest BCUT2D eigenvalue weighted by Crippen LogP contribution is 2.36. The SMILES string of the molecule is COc1ccc(S(=O)(=O)N2CCCCC2)cc1C(=O)Nc1ccc(S(=O)(=O)Nc2ccc(Cl)c(C(F)(F)F)c2)cc1. The summed E-state index contributed by atoms with van der Waals surface area (Å²) in [5.41, 5.74) is -1.41. The van der Waals surface area contributed by atoms with E-state index in [1.54, 1.807) is 0 Å². The second kappa shape index (κ2) is 11.9. The van der Waals surface area contributed by atoms with Gasteiger partial charge in [0.15, 0.2) is 0 Å². The number of methoxy groups -OCH3 is 1. The molecule has 15 heteroatoms. The van der Waals surface area contributed by atoms with Gasteiger partial charge in [0.2, 0.25) is 10.0 Å². The number of anilines is 2. The summed E-state index contributed by atoms with van der Waals surface area (Å²) in [4.78, 5) is 12.7. The van der Waals surface area contributed by atoms with Crippen LogP contribution in [0.4, 0.5) is 24.5 Å². The first-order valence-electron chi connectivity index (χ1n) is 12.2. The van der Waals surface area contributed by atoms with E-state index in [1.807, 2.05) is 0 Å². The molecule has 1 fully saturated rings. The highest BCUT2D eigenvalue weighted by molar-refractivity contribution is 7.92. The predicted molar refractivity (Wildman–Crippen MR) is 147 cm³/mol. The molecule has 0 aliphatic carbocycles. The highest BCUT2D eigenvalue weighted by Gasteiger charge is 2.34. The maximum atomic E-state index is 13.1. The molecule has 9 nitrogen and oxygen atoms in total. The summed E-state index contributed by atoms with van der Waals surface area (Å²) in [6, 6.07) is 11.4. The zero-order valence-electron chi connectivity index (χ0n) is 21.5. The van der Waals surface area contributed by atoms with Crippen molar-refractivity contribution in [2.75, 3.05) is 30.2 Å². The molecule has 0 bridgehead atoms. The summed E-state index contributed by atoms with van der Waals surface area (Å²) >= 11 is 5.59. The molecule has 0 atom stereocenters. The molecule has 1 heterocycles. The minimum Gasteiger partial charge on any atom is -0.496 e. The molecule has 4 rings (SSSR count). The number of alkyl halides is 3. The van der Waals surface area contributed by atoms with E-state index in [1.165, 1.54) is 41.7 Å². The zero-order valence-corrected chi connectivity index (χ0v) is 23.9. The number of nitrogens with zero attached hydrogens (tertiary/aromatic N) is 1. The lowest BCUT2D eigenvalue weighted by molar-refractivity contribution is -0.137. The molecule has 1 aliphatic heterocycles. The van der Waals surface area contributed by atoms with Crippen molar-refractivity contribution >= 4 is 48.9 Å². The van der Waals surface area contributed by atoms with Gasteiger partial charge in [-0.25, -0.2) is 16.8 Å². The van der Waals surface area contributed by atoms with E-state index < -0.39 is 42.7 Å². The zero-order chi connectivity index (χ0) is 30.0. The molecule has 0 radical (unpaired) electrons. The van der Waals surface area contributed by atoms with Crippen LogP contribution < -0.4 is 14.8 Å². The quantitative estimate of drug-likeness (QED) is 0.334. The number of amides is 1. The summed E-state index contributed by atoms with van der Waals surface area (Å²) in [5, 5.41) is 1.99. The second-order valence-electron chi connectivity index (χ2n) is 9.10. The van der Waals surface area contributed by atoms with Gasteiger partial charge < -0.3 is 10.1 Å². The lowest BCUT2D eigenvalue weighted by atomic mass is 10.2. The van der Waals surface area contributed by atoms with Crippen molar-refractivity contribution in [2.24, 2.45) is 0 Å². The van der Waals surface area contributed by atoms with E-state index in [2.05, 4.69) is 10.0 Å². The lowest BCUT2D eigenvalue weighted by Crippen LogP contribution is -2.35. The molecule has 0 unspecified atom stereocenters. The summed E-state index contributed by atoms with van der Waals surface area (Å²) in [6.07, 6.45) is -2.34. The predicted octanol–water partition coefficient (Wildman–Crippen LogP) is 5.60. The molecule has 1 aliphatic rings. The molecule has 2 N–H and O–H groups in total. The van der Waals surface area contributed by atoms with Crippen molar-refractivity contribution in [3.63, 3.8) is 0 Å². The van der Waals surface area contributed by atoms with Crippen LogP contribution >= 0.6 is 11.6 Å². The highest BCUT2D eigenvalue weighted by atomic mass is 35.5. The molecule has 3 aromatic carbocycles. The van der Waals surface area contributed by atoms with Crippen LogP contribution in [0.2, 0.25) is 5.02 Å². The number of benzene rings is 3. The number of carbonyl (C=O) groups excluding carboxylic acids is 1. The van der Waals surface area contributed by atoms with Crippen molar-refractivity contribution < 1.29 is 39.5 Å². The molecular formula is C26H25ClF3N3O6S2. The van der Waals surface area contributed by atoms with Crippen LogP contribution in [0, 0.1) is 0 Å². The normalized spacial score (nSPS) is 14.9. The molecule has 0 aromatic heterocycles. The van der Waals surface area contributed by atoms with Gasteiger partial charge in [0.05, 0.1) is 33.1 Å². The Labute approximate surface area is 240 Å². The average Bonchev–Trinajstić information content (AvgIpc) is 2.93. The first-order chi connectivity index (χ1) is 19.2. The van der Waals surface area contributed by atoms with Crippen molar-refractivity contribution in [1.82, 2.24) is 4.31 Å². The number of piperidine rings is 1. The number of ether oxygens (including phenoxy) is 1. The standard InChI is InChI=1S/C26H25ClF3N3O6S2/c1-39-24-12-10-20(41(37,38)33-13-3-2-4-14-33)16-21(24)25(34)31-17-5-8-19(9-6-17)40(35,36)32-18-7-11-23(27)22(15-18)26(28,29)30/h5-12,15-16,32H,2-4,13-14H2,1H3,(H,31,34). The maximum absolute atomic E-state index is 13.1. The van der Waals surface area contributed by atoms with Crippen molar-refractivity contribution in [3.8, 4) is 5.75 Å². The van der Waals surface area contributed by atoms with Crippen LogP contribution in [0.1, 0.15) is 35.2 Å². The third kappa shape index (κ3) is 6.94. The van der Waals surface area contributed by atoms with Crippen molar-refractivity contribution in [1.29, 1.82) is 0 Å². The molecule has 1 amide bonds. The molecule has 1 saturated heterocycles. The topological polar surface area (TPSA) is 122 Å². The number of sulfonamides is 2. The van der Waals surface area contributed by atoms with Crippen LogP contribution in [-0.2, 0) is 26.2 Å². The third-order valence-electron chi connectivity index (χ3n) is 6.31. The Morgan fingerprint density at radius 3 is 2.10 bits per heavy atom. The Kier molecular flexibility index (Phi) is 8.87. The largest absolute Gasteiger partial charge is 0.496 e. The van der Waals surface area contributed by atoms with Gasteiger partial charge in [-0.2, -0.15) is 17.5 Å². The monoisotopic (exact) mass is 631 g/mol. The molecule has 0 spiro atoms. The smallest absolute Gasteiger partial charge is 0.417 e. The molecule has 3 aromatic rings. The van der Waals surface area contributed by atoms with Crippen LogP contribution in [-0.4, -0.2) is 47.2 Å². The Hall–Kier alpha value is -3.33. The Morgan fingerprint density at radius 2 is 1.49 bits per heavy atom. The van der Waals surface area contributed by atoms with Gasteiger partial charge in [-0.15, -0.1) is 0 Å². The van der Waals surface area contributed by atoms with Gasteiger partial charge in [0.1, 0.15) is 5.75 Å². The van der Waals surface area contributed by atoms with Gasteiger partial charge in [0.25, 0.3) is 15.9 Å². The van der Waals surface area contributed by atoms with Gasteiger partial charge in [-0.05, 0) is 73.5 Å². The fourth-order valence-corrected chi connectivity index (χ4v) is 7.03. The second-order valence-corrected chi connectivity index (χ2v) is 13.1. The summed E-state index contributed by atoms with van der Waals surface area (Å²) in [6.45, 7) is 0.781. The van der Waals surface area contributed by atoms with Gasteiger partial charge >= 0.3 is 6.18 Å². The summed E-state index contributed by atoms with van der Waals surface area (Å²) in [5.74, 6) is -0.572. The minimum absolute atomic E-state index is 0.0489. The fourth-order valence-electron chi connectivity index (χ4n) is 4.22. The number of hydrogen-bond acceptors (Lipinski definition) is 6. The van der Waals surface area contributed by atoms with Crippen molar-refractivity contribution in [2.45, 2.75) is 35.2 Å². The lowest BCUT2D eigenvalue weighted by Gasteiger charge is -2.26. The Morgan fingerprint density at radius 1 is 0.878 bits per heavy atom. The van der Waals surface area contributed by atoms with Crippen molar-refractivity contribution in [3.05, 3.63) is 76.8 Å². The number of hydrogen-bond donors (Lipinski definition) is 2. The number of rotatable bonds is 8. The van der Waals surface area contributed by atoms with E-state index in [0.717, 1.165) is 43.5 Å². The van der Waals surface area contributed by atoms with Crippen LogP contribution in [0.15, 0.2) is 70.5 Å². The maximum Gasteiger partial charge on any atom is 0.417 e. The fraction of sp³-hybridized carbons (Fsp3) is 0.269. The molecule has 41 heavy (non-hydrogen) atoms.